The van der Waals surface area contributed by atoms with Gasteiger partial charge >= 0.3 is 0 Å². The second kappa shape index (κ2) is 9.27. The SMILES string of the molecule is CN1C(=O)[C@](CCC2CCCCC2)(CC2CCCN(C(=O)C3CCCC3)C2)N=C1N. The van der Waals surface area contributed by atoms with Gasteiger partial charge in [0.15, 0.2) is 5.96 Å². The molecular weight excluding hydrogens is 376 g/mol. The van der Waals surface area contributed by atoms with Gasteiger partial charge in [-0.2, -0.15) is 0 Å². The fraction of sp³-hybridized carbons (Fsp3) is 0.875. The van der Waals surface area contributed by atoms with Crippen molar-refractivity contribution in [3.8, 4) is 0 Å². The molecule has 2 N–H and O–H groups in total. The molecule has 0 radical (unpaired) electrons. The molecule has 4 rings (SSSR count). The number of aliphatic imine (C=N–C) groups is 1. The molecule has 0 aromatic carbocycles. The number of amides is 2. The molecule has 6 heteroatoms. The Bertz CT molecular complexity index is 666. The predicted octanol–water partition coefficient (Wildman–Crippen LogP) is 3.69. The number of rotatable bonds is 6. The smallest absolute Gasteiger partial charge is 0.257 e. The van der Waals surface area contributed by atoms with Crippen LogP contribution in [-0.2, 0) is 9.59 Å². The minimum Gasteiger partial charge on any atom is -0.369 e. The Morgan fingerprint density at radius 2 is 1.70 bits per heavy atom. The van der Waals surface area contributed by atoms with Crippen molar-refractivity contribution in [2.24, 2.45) is 28.5 Å². The molecule has 2 heterocycles. The number of likely N-dealkylation sites (tertiary alicyclic amines) is 1. The molecular formula is C24H40N4O2. The van der Waals surface area contributed by atoms with E-state index in [1.807, 2.05) is 0 Å². The van der Waals surface area contributed by atoms with Gasteiger partial charge in [-0.15, -0.1) is 0 Å². The van der Waals surface area contributed by atoms with Crippen LogP contribution in [0.1, 0.15) is 89.9 Å². The third kappa shape index (κ3) is 4.52. The standard InChI is InChI=1S/C24H40N4O2/c1-27-22(30)24(26-23(27)25,14-13-18-8-3-2-4-9-18)16-19-10-7-15-28(17-19)21(29)20-11-5-6-12-20/h18-20H,2-17H2,1H3,(H2,25,26)/t19?,24-/m0/s1. The van der Waals surface area contributed by atoms with E-state index in [9.17, 15) is 9.59 Å². The zero-order chi connectivity index (χ0) is 21.1. The summed E-state index contributed by atoms with van der Waals surface area (Å²) in [6, 6.07) is 0. The minimum absolute atomic E-state index is 0.0649. The molecule has 2 aliphatic heterocycles. The van der Waals surface area contributed by atoms with Crippen LogP contribution >= 0.6 is 0 Å². The van der Waals surface area contributed by atoms with Crippen LogP contribution in [0.25, 0.3) is 0 Å². The summed E-state index contributed by atoms with van der Waals surface area (Å²) in [6.07, 6.45) is 15.7. The summed E-state index contributed by atoms with van der Waals surface area (Å²) in [7, 11) is 1.75. The van der Waals surface area contributed by atoms with Crippen molar-refractivity contribution in [2.75, 3.05) is 20.1 Å². The highest BCUT2D eigenvalue weighted by molar-refractivity contribution is 6.06. The molecule has 4 aliphatic rings. The Morgan fingerprint density at radius 1 is 1.03 bits per heavy atom. The zero-order valence-corrected chi connectivity index (χ0v) is 18.8. The van der Waals surface area contributed by atoms with Gasteiger partial charge in [0.1, 0.15) is 5.54 Å². The van der Waals surface area contributed by atoms with E-state index in [0.717, 1.165) is 64.0 Å². The Labute approximate surface area is 181 Å². The van der Waals surface area contributed by atoms with Crippen LogP contribution in [0.15, 0.2) is 4.99 Å². The topological polar surface area (TPSA) is 79.0 Å². The molecule has 1 saturated heterocycles. The van der Waals surface area contributed by atoms with Crippen molar-refractivity contribution in [1.82, 2.24) is 9.80 Å². The van der Waals surface area contributed by atoms with E-state index in [-0.39, 0.29) is 11.8 Å². The summed E-state index contributed by atoms with van der Waals surface area (Å²) in [5.41, 5.74) is 5.40. The van der Waals surface area contributed by atoms with Crippen molar-refractivity contribution in [2.45, 2.75) is 95.4 Å². The van der Waals surface area contributed by atoms with Gasteiger partial charge < -0.3 is 10.6 Å². The van der Waals surface area contributed by atoms with E-state index in [0.29, 0.717) is 17.8 Å². The number of piperidine rings is 1. The normalized spacial score (nSPS) is 31.4. The van der Waals surface area contributed by atoms with Crippen LogP contribution in [0.4, 0.5) is 0 Å². The highest BCUT2D eigenvalue weighted by atomic mass is 16.2. The van der Waals surface area contributed by atoms with E-state index in [1.54, 1.807) is 11.9 Å². The number of carbonyl (C=O) groups is 2. The number of carbonyl (C=O) groups excluding carboxylic acids is 2. The van der Waals surface area contributed by atoms with Gasteiger partial charge in [0, 0.05) is 26.1 Å². The summed E-state index contributed by atoms with van der Waals surface area (Å²) in [5, 5.41) is 0. The van der Waals surface area contributed by atoms with Gasteiger partial charge in [-0.05, 0) is 56.8 Å². The van der Waals surface area contributed by atoms with Gasteiger partial charge in [0.25, 0.3) is 5.91 Å². The first kappa shape index (κ1) is 21.6. The van der Waals surface area contributed by atoms with Crippen molar-refractivity contribution in [1.29, 1.82) is 0 Å². The van der Waals surface area contributed by atoms with Gasteiger partial charge in [0.2, 0.25) is 5.91 Å². The van der Waals surface area contributed by atoms with Crippen LogP contribution in [0, 0.1) is 17.8 Å². The maximum atomic E-state index is 13.3. The average Bonchev–Trinajstić information content (AvgIpc) is 3.37. The number of likely N-dealkylation sites (N-methyl/N-ethyl adjacent to an activating group) is 1. The number of nitrogens with zero attached hydrogens (tertiary/aromatic N) is 3. The van der Waals surface area contributed by atoms with Gasteiger partial charge in [-0.25, -0.2) is 4.99 Å². The van der Waals surface area contributed by atoms with Crippen molar-refractivity contribution >= 4 is 17.8 Å². The number of nitrogens with two attached hydrogens (primary N) is 1. The largest absolute Gasteiger partial charge is 0.369 e. The lowest BCUT2D eigenvalue weighted by Gasteiger charge is -2.38. The molecule has 2 aliphatic carbocycles. The van der Waals surface area contributed by atoms with Gasteiger partial charge in [0.05, 0.1) is 0 Å². The molecule has 2 atom stereocenters. The van der Waals surface area contributed by atoms with Crippen molar-refractivity contribution < 1.29 is 9.59 Å². The Balaban J connectivity index is 1.43. The second-order valence-corrected chi connectivity index (χ2v) is 10.4. The molecule has 30 heavy (non-hydrogen) atoms. The first-order valence-electron chi connectivity index (χ1n) is 12.4. The van der Waals surface area contributed by atoms with E-state index >= 15 is 0 Å². The molecule has 2 amide bonds. The molecule has 0 aromatic heterocycles. The highest BCUT2D eigenvalue weighted by Gasteiger charge is 2.48. The van der Waals surface area contributed by atoms with Crippen LogP contribution in [0.3, 0.4) is 0 Å². The lowest BCUT2D eigenvalue weighted by Crippen LogP contribution is -2.47. The fourth-order valence-corrected chi connectivity index (χ4v) is 6.42. The minimum atomic E-state index is -0.708. The Kier molecular flexibility index (Phi) is 6.69. The Morgan fingerprint density at radius 3 is 2.37 bits per heavy atom. The van der Waals surface area contributed by atoms with Gasteiger partial charge in [-0.1, -0.05) is 44.9 Å². The lowest BCUT2D eigenvalue weighted by atomic mass is 9.77. The molecule has 168 valence electrons. The van der Waals surface area contributed by atoms with Crippen LogP contribution < -0.4 is 5.73 Å². The van der Waals surface area contributed by atoms with Crippen LogP contribution in [0.5, 0.6) is 0 Å². The Hall–Kier alpha value is -1.59. The van der Waals surface area contributed by atoms with Crippen molar-refractivity contribution in [3.63, 3.8) is 0 Å². The van der Waals surface area contributed by atoms with Crippen LogP contribution in [-0.4, -0.2) is 53.2 Å². The fourth-order valence-electron chi connectivity index (χ4n) is 6.42. The summed E-state index contributed by atoms with van der Waals surface area (Å²) in [6.45, 7) is 1.66. The molecule has 2 saturated carbocycles. The van der Waals surface area contributed by atoms with Gasteiger partial charge in [-0.3, -0.25) is 14.5 Å². The number of hydrogen-bond donors (Lipinski definition) is 1. The third-order valence-corrected chi connectivity index (χ3v) is 8.23. The van der Waals surface area contributed by atoms with E-state index in [2.05, 4.69) is 4.90 Å². The van der Waals surface area contributed by atoms with Crippen LogP contribution in [0.2, 0.25) is 0 Å². The molecule has 3 fully saturated rings. The van der Waals surface area contributed by atoms with E-state index < -0.39 is 5.54 Å². The lowest BCUT2D eigenvalue weighted by molar-refractivity contribution is -0.137. The quantitative estimate of drug-likeness (QED) is 0.717. The van der Waals surface area contributed by atoms with Crippen molar-refractivity contribution in [3.05, 3.63) is 0 Å². The molecule has 6 nitrogen and oxygen atoms in total. The third-order valence-electron chi connectivity index (χ3n) is 8.23. The first-order valence-corrected chi connectivity index (χ1v) is 12.4. The molecule has 1 unspecified atom stereocenters. The molecule has 0 spiro atoms. The monoisotopic (exact) mass is 416 g/mol. The maximum absolute atomic E-state index is 13.3. The second-order valence-electron chi connectivity index (χ2n) is 10.4. The summed E-state index contributed by atoms with van der Waals surface area (Å²) >= 11 is 0. The molecule has 0 bridgehead atoms. The molecule has 0 aromatic rings. The van der Waals surface area contributed by atoms with E-state index in [4.69, 9.17) is 10.7 Å². The average molecular weight is 417 g/mol. The van der Waals surface area contributed by atoms with E-state index in [1.165, 1.54) is 44.9 Å². The predicted molar refractivity (Wildman–Crippen MR) is 119 cm³/mol. The zero-order valence-electron chi connectivity index (χ0n) is 18.8. The maximum Gasteiger partial charge on any atom is 0.257 e. The summed E-state index contributed by atoms with van der Waals surface area (Å²) in [4.78, 5) is 34.6. The highest BCUT2D eigenvalue weighted by Crippen LogP contribution is 2.39. The summed E-state index contributed by atoms with van der Waals surface area (Å²) in [5.74, 6) is 2.07. The first-order chi connectivity index (χ1) is 14.5. The summed E-state index contributed by atoms with van der Waals surface area (Å²) < 4.78 is 0. The number of guanidine groups is 1. The number of hydrogen-bond acceptors (Lipinski definition) is 4.